The van der Waals surface area contributed by atoms with Crippen LogP contribution in [0.15, 0.2) is 79.4 Å². The predicted octanol–water partition coefficient (Wildman–Crippen LogP) is 7.82. The van der Waals surface area contributed by atoms with E-state index in [4.69, 9.17) is 5.26 Å². The lowest BCUT2D eigenvalue weighted by Crippen LogP contribution is -1.99. The van der Waals surface area contributed by atoms with Crippen LogP contribution < -0.4 is 0 Å². The van der Waals surface area contributed by atoms with E-state index < -0.39 is 5.82 Å². The molecule has 4 rings (SSSR count). The van der Waals surface area contributed by atoms with Crippen molar-refractivity contribution in [2.24, 2.45) is 0 Å². The topological polar surface area (TPSA) is 23.8 Å². The minimum atomic E-state index is -0.556. The maximum Gasteiger partial charge on any atom is 0.141 e. The molecule has 0 aliphatic carbocycles. The fourth-order valence-corrected chi connectivity index (χ4v) is 4.32. The standard InChI is InChI=1S/C31H26F3N/c1-2-3-4-21-5-10-24(29(32)18-21)11-6-22-9-16-28-26(17-22)15-14-25(31(28)34)12-7-23-8-13-27(20-35)30(33)19-23/h2,5,8-10,13-19H,1,3-4,6-7,11-12H2. The van der Waals surface area contributed by atoms with Gasteiger partial charge in [0.05, 0.1) is 5.56 Å². The van der Waals surface area contributed by atoms with Gasteiger partial charge in [-0.15, -0.1) is 6.58 Å². The first kappa shape index (κ1) is 24.3. The normalized spacial score (nSPS) is 10.9. The summed E-state index contributed by atoms with van der Waals surface area (Å²) in [5, 5.41) is 10.2. The third kappa shape index (κ3) is 5.81. The van der Waals surface area contributed by atoms with Crippen LogP contribution in [-0.4, -0.2) is 0 Å². The smallest absolute Gasteiger partial charge is 0.141 e. The number of nitrogens with zero attached hydrogens (tertiary/aromatic N) is 1. The van der Waals surface area contributed by atoms with E-state index in [1.807, 2.05) is 36.4 Å². The third-order valence-electron chi connectivity index (χ3n) is 6.37. The van der Waals surface area contributed by atoms with Gasteiger partial charge in [-0.25, -0.2) is 13.2 Å². The molecule has 0 saturated heterocycles. The number of nitriles is 1. The first-order valence-electron chi connectivity index (χ1n) is 11.7. The maximum absolute atomic E-state index is 15.2. The molecule has 0 N–H and O–H groups in total. The van der Waals surface area contributed by atoms with Crippen LogP contribution in [0, 0.1) is 28.8 Å². The number of fused-ring (bicyclic) bond motifs is 1. The summed E-state index contributed by atoms with van der Waals surface area (Å²) in [6.45, 7) is 3.70. The highest BCUT2D eigenvalue weighted by Crippen LogP contribution is 2.25. The van der Waals surface area contributed by atoms with Crippen molar-refractivity contribution in [2.75, 3.05) is 0 Å². The van der Waals surface area contributed by atoms with Crippen molar-refractivity contribution in [1.29, 1.82) is 5.26 Å². The van der Waals surface area contributed by atoms with Crippen LogP contribution >= 0.6 is 0 Å². The summed E-state index contributed by atoms with van der Waals surface area (Å²) < 4.78 is 43.5. The number of rotatable bonds is 9. The minimum Gasteiger partial charge on any atom is -0.207 e. The number of halogens is 3. The van der Waals surface area contributed by atoms with E-state index in [1.165, 1.54) is 12.1 Å². The SMILES string of the molecule is C=CCCc1ccc(CCc2ccc3c(F)c(CCc4ccc(C#N)c(F)c4)ccc3c2)c(F)c1. The van der Waals surface area contributed by atoms with Crippen molar-refractivity contribution in [3.05, 3.63) is 130 Å². The Morgan fingerprint density at radius 3 is 2.03 bits per heavy atom. The third-order valence-corrected chi connectivity index (χ3v) is 6.37. The zero-order valence-electron chi connectivity index (χ0n) is 19.5. The molecule has 35 heavy (non-hydrogen) atoms. The molecule has 0 aromatic heterocycles. The van der Waals surface area contributed by atoms with Crippen LogP contribution in [-0.2, 0) is 32.1 Å². The molecule has 0 bridgehead atoms. The number of benzene rings is 4. The summed E-state index contributed by atoms with van der Waals surface area (Å²) in [5.74, 6) is -1.02. The van der Waals surface area contributed by atoms with Crippen molar-refractivity contribution in [3.8, 4) is 6.07 Å². The van der Waals surface area contributed by atoms with E-state index >= 15 is 4.39 Å². The van der Waals surface area contributed by atoms with Gasteiger partial charge in [-0.05, 0) is 89.9 Å². The minimum absolute atomic E-state index is 0.00436. The van der Waals surface area contributed by atoms with E-state index in [-0.39, 0.29) is 17.2 Å². The second kappa shape index (κ2) is 11.1. The van der Waals surface area contributed by atoms with Gasteiger partial charge in [-0.2, -0.15) is 5.26 Å². The Morgan fingerprint density at radius 2 is 1.31 bits per heavy atom. The first-order chi connectivity index (χ1) is 17.0. The van der Waals surface area contributed by atoms with Gasteiger partial charge in [-0.1, -0.05) is 54.6 Å². The highest BCUT2D eigenvalue weighted by Gasteiger charge is 2.11. The van der Waals surface area contributed by atoms with Gasteiger partial charge in [0, 0.05) is 5.39 Å². The quantitative estimate of drug-likeness (QED) is 0.229. The van der Waals surface area contributed by atoms with Gasteiger partial charge in [0.25, 0.3) is 0 Å². The van der Waals surface area contributed by atoms with Gasteiger partial charge >= 0.3 is 0 Å². The average Bonchev–Trinajstić information content (AvgIpc) is 2.86. The Bertz CT molecular complexity index is 1420. The largest absolute Gasteiger partial charge is 0.207 e. The number of aryl methyl sites for hydroxylation is 5. The predicted molar refractivity (Wildman–Crippen MR) is 135 cm³/mol. The fourth-order valence-electron chi connectivity index (χ4n) is 4.32. The lowest BCUT2D eigenvalue weighted by atomic mass is 9.96. The molecular weight excluding hydrogens is 443 g/mol. The molecule has 0 aliphatic rings. The summed E-state index contributed by atoms with van der Waals surface area (Å²) in [4.78, 5) is 0. The van der Waals surface area contributed by atoms with Gasteiger partial charge in [-0.3, -0.25) is 0 Å². The number of allylic oxidation sites excluding steroid dienone is 1. The van der Waals surface area contributed by atoms with E-state index in [9.17, 15) is 8.78 Å². The average molecular weight is 470 g/mol. The van der Waals surface area contributed by atoms with Crippen LogP contribution in [0.1, 0.15) is 39.8 Å². The summed E-state index contributed by atoms with van der Waals surface area (Å²) in [6, 6.07) is 21.0. The van der Waals surface area contributed by atoms with Crippen LogP contribution in [0.4, 0.5) is 13.2 Å². The van der Waals surface area contributed by atoms with Crippen LogP contribution in [0.25, 0.3) is 10.8 Å². The Labute approximate surface area is 204 Å². The molecule has 0 heterocycles. The summed E-state index contributed by atoms with van der Waals surface area (Å²) in [5.41, 5.74) is 3.95. The zero-order chi connectivity index (χ0) is 24.8. The first-order valence-corrected chi connectivity index (χ1v) is 11.7. The van der Waals surface area contributed by atoms with Crippen LogP contribution in [0.5, 0.6) is 0 Å². The molecule has 1 nitrogen and oxygen atoms in total. The molecule has 4 aromatic carbocycles. The monoisotopic (exact) mass is 469 g/mol. The Balaban J connectivity index is 1.43. The van der Waals surface area contributed by atoms with E-state index in [2.05, 4.69) is 6.58 Å². The van der Waals surface area contributed by atoms with Crippen molar-refractivity contribution >= 4 is 10.8 Å². The van der Waals surface area contributed by atoms with E-state index in [0.29, 0.717) is 42.2 Å². The zero-order valence-corrected chi connectivity index (χ0v) is 19.5. The van der Waals surface area contributed by atoms with Crippen molar-refractivity contribution < 1.29 is 13.2 Å². The second-order valence-electron chi connectivity index (χ2n) is 8.77. The Kier molecular flexibility index (Phi) is 7.67. The molecule has 0 atom stereocenters. The van der Waals surface area contributed by atoms with Gasteiger partial charge in [0.1, 0.15) is 23.5 Å². The maximum atomic E-state index is 15.2. The van der Waals surface area contributed by atoms with Gasteiger partial charge in [0.2, 0.25) is 0 Å². The van der Waals surface area contributed by atoms with Crippen molar-refractivity contribution in [1.82, 2.24) is 0 Å². The molecule has 0 saturated carbocycles. The highest BCUT2D eigenvalue weighted by atomic mass is 19.1. The molecule has 0 unspecified atom stereocenters. The van der Waals surface area contributed by atoms with Crippen LogP contribution in [0.2, 0.25) is 0 Å². The summed E-state index contributed by atoms with van der Waals surface area (Å²) in [6.07, 6.45) is 5.56. The molecular formula is C31H26F3N. The number of hydrogen-bond acceptors (Lipinski definition) is 1. The second-order valence-corrected chi connectivity index (χ2v) is 8.77. The molecule has 0 spiro atoms. The van der Waals surface area contributed by atoms with Crippen molar-refractivity contribution in [2.45, 2.75) is 38.5 Å². The molecule has 0 amide bonds. The van der Waals surface area contributed by atoms with Crippen LogP contribution in [0.3, 0.4) is 0 Å². The molecule has 0 aliphatic heterocycles. The molecule has 0 fully saturated rings. The molecule has 4 heteroatoms. The Morgan fingerprint density at radius 1 is 0.686 bits per heavy atom. The highest BCUT2D eigenvalue weighted by molar-refractivity contribution is 5.84. The van der Waals surface area contributed by atoms with Crippen molar-refractivity contribution in [3.63, 3.8) is 0 Å². The fraction of sp³-hybridized carbons (Fsp3) is 0.194. The molecule has 4 aromatic rings. The van der Waals surface area contributed by atoms with E-state index in [1.54, 1.807) is 30.3 Å². The lowest BCUT2D eigenvalue weighted by Gasteiger charge is -2.10. The Hall–Kier alpha value is -3.84. The molecule has 0 radical (unpaired) electrons. The van der Waals surface area contributed by atoms with Gasteiger partial charge < -0.3 is 0 Å². The lowest BCUT2D eigenvalue weighted by molar-refractivity contribution is 0.606. The van der Waals surface area contributed by atoms with E-state index in [0.717, 1.165) is 34.9 Å². The number of hydrogen-bond donors (Lipinski definition) is 0. The summed E-state index contributed by atoms with van der Waals surface area (Å²) >= 11 is 0. The molecule has 176 valence electrons. The van der Waals surface area contributed by atoms with Gasteiger partial charge in [0.15, 0.2) is 0 Å². The summed E-state index contributed by atoms with van der Waals surface area (Å²) in [7, 11) is 0.